The monoisotopic (exact) mass is 372 g/mol. The lowest BCUT2D eigenvalue weighted by molar-refractivity contribution is -0.310. The van der Waals surface area contributed by atoms with Gasteiger partial charge in [-0.05, 0) is 31.4 Å². The van der Waals surface area contributed by atoms with E-state index in [0.29, 0.717) is 30.2 Å². The molecule has 2 heterocycles. The molecule has 27 heavy (non-hydrogen) atoms. The number of hydrogen-bond acceptors (Lipinski definition) is 5. The zero-order valence-corrected chi connectivity index (χ0v) is 15.1. The van der Waals surface area contributed by atoms with E-state index in [0.717, 1.165) is 11.0 Å². The van der Waals surface area contributed by atoms with Crippen LogP contribution in [0, 0.1) is 0 Å². The van der Waals surface area contributed by atoms with Crippen LogP contribution in [0.15, 0.2) is 33.9 Å². The van der Waals surface area contributed by atoms with Crippen molar-refractivity contribution in [2.24, 2.45) is 0 Å². The highest BCUT2D eigenvalue weighted by atomic mass is 16.4. The van der Waals surface area contributed by atoms with E-state index in [9.17, 15) is 24.3 Å². The molecule has 1 aromatic carbocycles. The number of carbonyl (C=O) groups excluding carboxylic acids is 2. The number of benzene rings is 1. The lowest BCUT2D eigenvalue weighted by Gasteiger charge is -2.30. The van der Waals surface area contributed by atoms with Gasteiger partial charge in [-0.1, -0.05) is 31.9 Å². The fourth-order valence-electron chi connectivity index (χ4n) is 3.69. The number of carbonyl (C=O) groups is 2. The summed E-state index contributed by atoms with van der Waals surface area (Å²) in [5.41, 5.74) is -0.815. The number of aromatic nitrogens is 2. The van der Waals surface area contributed by atoms with Gasteiger partial charge in [0.05, 0.1) is 22.9 Å². The van der Waals surface area contributed by atoms with Crippen molar-refractivity contribution >= 4 is 22.8 Å². The first-order valence-electron chi connectivity index (χ1n) is 9.20. The number of amides is 1. The zero-order valence-electron chi connectivity index (χ0n) is 15.1. The van der Waals surface area contributed by atoms with Gasteiger partial charge >= 0.3 is 5.69 Å². The number of unbranched alkanes of at least 4 members (excludes halogenated alkanes) is 1. The predicted molar refractivity (Wildman–Crippen MR) is 97.1 cm³/mol. The van der Waals surface area contributed by atoms with Crippen LogP contribution in [-0.4, -0.2) is 38.9 Å². The maximum atomic E-state index is 13.1. The Morgan fingerprint density at radius 1 is 1.30 bits per heavy atom. The van der Waals surface area contributed by atoms with Gasteiger partial charge in [0.2, 0.25) is 5.91 Å². The highest BCUT2D eigenvalue weighted by Crippen LogP contribution is 2.23. The standard InChI is InChI=1S/C19H23N3O5/c1-2-3-9-14(17(24)21-11-6-10-15(21)18(25)26)22-16(23)12-7-4-5-8-13(12)20-19(22)27/h4-5,7-8,14-15H,2-3,6,9-11H2,1H3,(H,20,27)(H,25,26)/p-1/t14-,15-/m1/s1. The van der Waals surface area contributed by atoms with Gasteiger partial charge in [-0.2, -0.15) is 0 Å². The van der Waals surface area contributed by atoms with E-state index < -0.39 is 35.2 Å². The normalized spacial score (nSPS) is 18.0. The second-order valence-corrected chi connectivity index (χ2v) is 6.82. The number of carboxylic acid groups (broad SMARTS) is 1. The number of H-pyrrole nitrogens is 1. The van der Waals surface area contributed by atoms with E-state index in [1.807, 2.05) is 6.92 Å². The van der Waals surface area contributed by atoms with Gasteiger partial charge in [0.15, 0.2) is 0 Å². The van der Waals surface area contributed by atoms with Crippen LogP contribution < -0.4 is 16.4 Å². The first-order valence-corrected chi connectivity index (χ1v) is 9.20. The molecule has 0 unspecified atom stereocenters. The molecule has 8 nitrogen and oxygen atoms in total. The Hall–Kier alpha value is -2.90. The maximum absolute atomic E-state index is 13.1. The number of carboxylic acids is 1. The van der Waals surface area contributed by atoms with Crippen LogP contribution in [0.4, 0.5) is 0 Å². The Balaban J connectivity index is 2.09. The summed E-state index contributed by atoms with van der Waals surface area (Å²) >= 11 is 0. The minimum absolute atomic E-state index is 0.278. The number of fused-ring (bicyclic) bond motifs is 1. The van der Waals surface area contributed by atoms with Gasteiger partial charge in [-0.25, -0.2) is 9.36 Å². The molecule has 0 radical (unpaired) electrons. The van der Waals surface area contributed by atoms with E-state index >= 15 is 0 Å². The number of aromatic amines is 1. The molecule has 0 aliphatic carbocycles. The molecule has 1 amide bonds. The molecule has 1 aliphatic rings. The van der Waals surface area contributed by atoms with Gasteiger partial charge in [-0.3, -0.25) is 9.59 Å². The molecule has 0 bridgehead atoms. The van der Waals surface area contributed by atoms with Gasteiger partial charge in [0.1, 0.15) is 6.04 Å². The average Bonchev–Trinajstić information content (AvgIpc) is 3.14. The number of likely N-dealkylation sites (tertiary alicyclic amines) is 1. The maximum Gasteiger partial charge on any atom is 0.329 e. The minimum atomic E-state index is -1.31. The van der Waals surface area contributed by atoms with Crippen molar-refractivity contribution in [1.82, 2.24) is 14.5 Å². The molecule has 1 aromatic heterocycles. The average molecular weight is 372 g/mol. The van der Waals surface area contributed by atoms with E-state index in [1.165, 1.54) is 4.90 Å². The summed E-state index contributed by atoms with van der Waals surface area (Å²) in [5, 5.41) is 11.7. The highest BCUT2D eigenvalue weighted by Gasteiger charge is 2.35. The quantitative estimate of drug-likeness (QED) is 0.776. The van der Waals surface area contributed by atoms with Crippen LogP contribution in [0.3, 0.4) is 0 Å². The molecule has 0 saturated carbocycles. The number of aliphatic carboxylic acids is 1. The van der Waals surface area contributed by atoms with Crippen LogP contribution in [0.2, 0.25) is 0 Å². The third kappa shape index (κ3) is 3.51. The van der Waals surface area contributed by atoms with Crippen molar-refractivity contribution in [3.8, 4) is 0 Å². The fraction of sp³-hybridized carbons (Fsp3) is 0.474. The summed E-state index contributed by atoms with van der Waals surface area (Å²) in [6.45, 7) is 2.22. The van der Waals surface area contributed by atoms with Crippen molar-refractivity contribution in [3.63, 3.8) is 0 Å². The van der Waals surface area contributed by atoms with Gasteiger partial charge in [0, 0.05) is 6.54 Å². The molecule has 1 saturated heterocycles. The number of hydrogen-bond donors (Lipinski definition) is 1. The van der Waals surface area contributed by atoms with E-state index in [-0.39, 0.29) is 13.0 Å². The van der Waals surface area contributed by atoms with E-state index in [4.69, 9.17) is 0 Å². The molecule has 3 rings (SSSR count). The number of para-hydroxylation sites is 1. The summed E-state index contributed by atoms with van der Waals surface area (Å²) in [6.07, 6.45) is 2.55. The van der Waals surface area contributed by atoms with Crippen LogP contribution in [0.25, 0.3) is 10.9 Å². The number of rotatable bonds is 6. The molecule has 0 spiro atoms. The summed E-state index contributed by atoms with van der Waals surface area (Å²) in [7, 11) is 0. The Bertz CT molecular complexity index is 977. The molecule has 2 aromatic rings. The van der Waals surface area contributed by atoms with E-state index in [1.54, 1.807) is 24.3 Å². The largest absolute Gasteiger partial charge is 0.548 e. The zero-order chi connectivity index (χ0) is 19.6. The Kier molecular flexibility index (Phi) is 5.43. The van der Waals surface area contributed by atoms with Crippen molar-refractivity contribution < 1.29 is 14.7 Å². The highest BCUT2D eigenvalue weighted by molar-refractivity contribution is 5.86. The second-order valence-electron chi connectivity index (χ2n) is 6.82. The third-order valence-electron chi connectivity index (χ3n) is 5.07. The molecule has 1 fully saturated rings. The molecular formula is C19H22N3O5-. The second kappa shape index (κ2) is 7.77. The molecular weight excluding hydrogens is 350 g/mol. The topological polar surface area (TPSA) is 115 Å². The lowest BCUT2D eigenvalue weighted by Crippen LogP contribution is -2.51. The lowest BCUT2D eigenvalue weighted by atomic mass is 10.1. The number of nitrogens with one attached hydrogen (secondary N) is 1. The summed E-state index contributed by atoms with van der Waals surface area (Å²) in [4.78, 5) is 53.9. The molecule has 144 valence electrons. The van der Waals surface area contributed by atoms with E-state index in [2.05, 4.69) is 4.98 Å². The van der Waals surface area contributed by atoms with Crippen molar-refractivity contribution in [2.45, 2.75) is 51.1 Å². The molecule has 2 atom stereocenters. The SMILES string of the molecule is CCCC[C@H](C(=O)N1CCC[C@@H]1C(=O)[O-])n1c(=O)[nH]c2ccccc2c1=O. The van der Waals surface area contributed by atoms with Crippen molar-refractivity contribution in [2.75, 3.05) is 6.54 Å². The van der Waals surface area contributed by atoms with Crippen LogP contribution in [-0.2, 0) is 9.59 Å². The minimum Gasteiger partial charge on any atom is -0.548 e. The van der Waals surface area contributed by atoms with Crippen LogP contribution in [0.1, 0.15) is 45.1 Å². The van der Waals surface area contributed by atoms with Gasteiger partial charge in [0.25, 0.3) is 5.56 Å². The van der Waals surface area contributed by atoms with Gasteiger partial charge < -0.3 is 19.8 Å². The predicted octanol–water partition coefficient (Wildman–Crippen LogP) is 0.162. The Morgan fingerprint density at radius 3 is 2.74 bits per heavy atom. The number of nitrogens with zero attached hydrogens (tertiary/aromatic N) is 2. The smallest absolute Gasteiger partial charge is 0.329 e. The van der Waals surface area contributed by atoms with Crippen LogP contribution >= 0.6 is 0 Å². The summed E-state index contributed by atoms with van der Waals surface area (Å²) in [5.74, 6) is -1.83. The van der Waals surface area contributed by atoms with Gasteiger partial charge in [-0.15, -0.1) is 0 Å². The molecule has 8 heteroatoms. The summed E-state index contributed by atoms with van der Waals surface area (Å²) in [6, 6.07) is 4.55. The Labute approximate surface area is 155 Å². The molecule has 1 aliphatic heterocycles. The third-order valence-corrected chi connectivity index (χ3v) is 5.07. The summed E-state index contributed by atoms with van der Waals surface area (Å²) < 4.78 is 0.936. The first kappa shape index (κ1) is 18.9. The molecule has 1 N–H and O–H groups in total. The van der Waals surface area contributed by atoms with Crippen molar-refractivity contribution in [1.29, 1.82) is 0 Å². The first-order chi connectivity index (χ1) is 13.0. The fourth-order valence-corrected chi connectivity index (χ4v) is 3.69. The Morgan fingerprint density at radius 2 is 2.04 bits per heavy atom. The van der Waals surface area contributed by atoms with Crippen LogP contribution in [0.5, 0.6) is 0 Å². The van der Waals surface area contributed by atoms with Crippen molar-refractivity contribution in [3.05, 3.63) is 45.1 Å².